The van der Waals surface area contributed by atoms with E-state index in [1.54, 1.807) is 39.8 Å². The molecule has 0 saturated carbocycles. The number of alkyl halides is 2. The van der Waals surface area contributed by atoms with Gasteiger partial charge in [0, 0.05) is 11.3 Å². The van der Waals surface area contributed by atoms with Crippen molar-refractivity contribution < 1.29 is 71.5 Å². The molecule has 2 amide bonds. The maximum Gasteiger partial charge on any atom is 0.322 e. The quantitative estimate of drug-likeness (QED) is 0.0299. The lowest BCUT2D eigenvalue weighted by Gasteiger charge is -2.33. The first-order chi connectivity index (χ1) is 28.3. The molecule has 0 aromatic carbocycles. The van der Waals surface area contributed by atoms with Gasteiger partial charge in [0.05, 0.1) is 42.1 Å². The van der Waals surface area contributed by atoms with Gasteiger partial charge in [-0.15, -0.1) is 0 Å². The molecule has 348 valence electrons. The predicted octanol–water partition coefficient (Wildman–Crippen LogP) is 5.77. The van der Waals surface area contributed by atoms with Gasteiger partial charge >= 0.3 is 29.8 Å². The molecule has 3 heterocycles. The van der Waals surface area contributed by atoms with Crippen LogP contribution in [-0.4, -0.2) is 120 Å². The Morgan fingerprint density at radius 1 is 0.597 bits per heavy atom. The lowest BCUT2D eigenvalue weighted by molar-refractivity contribution is -0.182. The summed E-state index contributed by atoms with van der Waals surface area (Å²) in [6, 6.07) is 0. The number of halogens is 2. The Labute approximate surface area is 381 Å². The van der Waals surface area contributed by atoms with Gasteiger partial charge in [0.15, 0.2) is 0 Å². The second-order valence-corrected chi connectivity index (χ2v) is 23.2. The second-order valence-electron chi connectivity index (χ2n) is 19.3. The lowest BCUT2D eigenvalue weighted by Crippen LogP contribution is -2.47. The fraction of sp³-hybridized carbons (Fsp3) is 0.705. The zero-order valence-electron chi connectivity index (χ0n) is 37.9. The van der Waals surface area contributed by atoms with Gasteiger partial charge in [-0.3, -0.25) is 38.5 Å². The van der Waals surface area contributed by atoms with Crippen LogP contribution in [0, 0.1) is 39.4 Å². The minimum atomic E-state index is -1.92. The number of fused-ring (bicyclic) bond motifs is 5. The zero-order valence-corrected chi connectivity index (χ0v) is 41.1. The second kappa shape index (κ2) is 20.0. The van der Waals surface area contributed by atoms with Gasteiger partial charge in [-0.25, -0.2) is 0 Å². The summed E-state index contributed by atoms with van der Waals surface area (Å²) in [7, 11) is 0. The van der Waals surface area contributed by atoms with Crippen LogP contribution in [0.25, 0.3) is 0 Å². The summed E-state index contributed by atoms with van der Waals surface area (Å²) in [6.07, 6.45) is 2.49. The van der Waals surface area contributed by atoms with E-state index in [1.807, 2.05) is 34.6 Å². The lowest BCUT2D eigenvalue weighted by atomic mass is 9.85. The fourth-order valence-electron chi connectivity index (χ4n) is 5.94. The number of amides is 2. The van der Waals surface area contributed by atoms with Crippen LogP contribution in [0.5, 0.6) is 0 Å². The Kier molecular flexibility index (Phi) is 16.9. The van der Waals surface area contributed by atoms with Gasteiger partial charge in [0.2, 0.25) is 11.8 Å². The smallest absolute Gasteiger partial charge is 0.322 e. The molecule has 16 nitrogen and oxygen atoms in total. The van der Waals surface area contributed by atoms with E-state index in [-0.39, 0.29) is 25.7 Å². The zero-order chi connectivity index (χ0) is 47.4. The number of imide groups is 1. The molecule has 62 heavy (non-hydrogen) atoms. The Bertz CT molecular complexity index is 1740. The summed E-state index contributed by atoms with van der Waals surface area (Å²) in [6.45, 7) is 23.8. The average molecular weight is 1010 g/mol. The van der Waals surface area contributed by atoms with Crippen LogP contribution < -0.4 is 0 Å². The number of ether oxygens (including phenoxy) is 8. The van der Waals surface area contributed by atoms with Crippen molar-refractivity contribution in [1.82, 2.24) is 4.90 Å². The van der Waals surface area contributed by atoms with E-state index in [0.717, 1.165) is 4.90 Å². The number of carbonyl (C=O) groups excluding carboxylic acids is 7. The predicted molar refractivity (Wildman–Crippen MR) is 231 cm³/mol. The molecule has 7 atom stereocenters. The molecule has 3 aliphatic heterocycles. The number of hydrogen-bond donors (Lipinski definition) is 0. The Morgan fingerprint density at radius 2 is 0.935 bits per heavy atom. The van der Waals surface area contributed by atoms with E-state index in [1.165, 1.54) is 20.8 Å². The van der Waals surface area contributed by atoms with E-state index >= 15 is 0 Å². The van der Waals surface area contributed by atoms with Crippen LogP contribution in [0.3, 0.4) is 0 Å². The normalized spacial score (nSPS) is 22.5. The third kappa shape index (κ3) is 12.9. The first-order valence-corrected chi connectivity index (χ1v) is 21.9. The highest BCUT2D eigenvalue weighted by Crippen LogP contribution is 2.45. The van der Waals surface area contributed by atoms with E-state index < -0.39 is 129 Å². The van der Waals surface area contributed by atoms with Crippen molar-refractivity contribution >= 4 is 73.5 Å². The number of carbonyl (C=O) groups is 7. The average Bonchev–Trinajstić information content (AvgIpc) is 3.87. The molecule has 3 rings (SSSR count). The summed E-state index contributed by atoms with van der Waals surface area (Å²) in [5, 5.41) is 0. The number of hydrogen-bond acceptors (Lipinski definition) is 15. The largest absolute Gasteiger partial charge is 0.497 e. The molecule has 0 spiro atoms. The van der Waals surface area contributed by atoms with Crippen LogP contribution in [-0.2, 0) is 71.5 Å². The van der Waals surface area contributed by atoms with Crippen molar-refractivity contribution in [2.75, 3.05) is 52.8 Å². The minimum absolute atomic E-state index is 0.116. The number of rotatable bonds is 23. The van der Waals surface area contributed by atoms with Crippen LogP contribution in [0.15, 0.2) is 36.8 Å². The van der Waals surface area contributed by atoms with Crippen LogP contribution in [0.1, 0.15) is 83.1 Å². The van der Waals surface area contributed by atoms with Crippen molar-refractivity contribution in [3.8, 4) is 0 Å². The number of esters is 5. The molecule has 0 aromatic rings. The Hall–Kier alpha value is -3.77. The van der Waals surface area contributed by atoms with Crippen molar-refractivity contribution in [2.45, 2.75) is 104 Å². The molecular formula is C44H63Br2NO15. The highest BCUT2D eigenvalue weighted by molar-refractivity contribution is 9.10. The third-order valence-corrected chi connectivity index (χ3v) is 11.4. The van der Waals surface area contributed by atoms with Gasteiger partial charge in [-0.05, 0) is 48.5 Å². The summed E-state index contributed by atoms with van der Waals surface area (Å²) in [5.41, 5.74) is -5.69. The van der Waals surface area contributed by atoms with E-state index in [0.29, 0.717) is 11.5 Å². The van der Waals surface area contributed by atoms with Crippen LogP contribution >= 0.6 is 31.9 Å². The van der Waals surface area contributed by atoms with E-state index in [4.69, 9.17) is 37.9 Å². The molecular weight excluding hydrogens is 942 g/mol. The summed E-state index contributed by atoms with van der Waals surface area (Å²) < 4.78 is 43.3. The van der Waals surface area contributed by atoms with Gasteiger partial charge in [0.1, 0.15) is 71.1 Å². The highest BCUT2D eigenvalue weighted by atomic mass is 79.9. The van der Waals surface area contributed by atoms with E-state index in [2.05, 4.69) is 45.0 Å². The summed E-state index contributed by atoms with van der Waals surface area (Å²) in [5.74, 6) is -5.84. The van der Waals surface area contributed by atoms with Crippen molar-refractivity contribution in [1.29, 1.82) is 0 Å². The van der Waals surface area contributed by atoms with Gasteiger partial charge in [0.25, 0.3) is 0 Å². The standard InChI is InChI=1S/C44H63Br2NO15/c1-25(2)26(3)56-19-42(12,21-58-34(50)40(8,9)45)37(53)60-23-44(14,36(52)55-18-17-47-32(48)30-28-15-16-29(62-28)31(30)33(47)49)24-61-38(54)43(13,20-57-27(4)39(5,6)7)22-59-35(51)41(10,11)46/h15-16,25,28-31H,3-4,17-24H2,1-2,5-14H3/t28?,29?,30-,31?,42?,43?,44?/m0/s1. The maximum atomic E-state index is 14.1. The highest BCUT2D eigenvalue weighted by Gasteiger charge is 2.60. The first kappa shape index (κ1) is 52.6. The number of nitrogens with zero attached hydrogens (tertiary/aromatic N) is 1. The third-order valence-electron chi connectivity index (χ3n) is 10.7. The molecule has 2 bridgehead atoms. The number of allylic oxidation sites excluding steroid dienone is 2. The van der Waals surface area contributed by atoms with E-state index in [9.17, 15) is 33.6 Å². The van der Waals surface area contributed by atoms with Crippen molar-refractivity contribution in [3.05, 3.63) is 36.8 Å². The van der Waals surface area contributed by atoms with Gasteiger partial charge in [-0.2, -0.15) is 0 Å². The maximum absolute atomic E-state index is 14.1. The van der Waals surface area contributed by atoms with Crippen LogP contribution in [0.4, 0.5) is 0 Å². The summed E-state index contributed by atoms with van der Waals surface area (Å²) >= 11 is 6.50. The first-order valence-electron chi connectivity index (χ1n) is 20.3. The molecule has 0 aliphatic carbocycles. The Balaban J connectivity index is 1.88. The van der Waals surface area contributed by atoms with Crippen molar-refractivity contribution in [3.63, 3.8) is 0 Å². The molecule has 0 N–H and O–H groups in total. The van der Waals surface area contributed by atoms with Crippen molar-refractivity contribution in [2.24, 2.45) is 39.4 Å². The molecule has 3 aliphatic rings. The SMILES string of the molecule is C=C(OCC(C)(COC(=O)C(C)(C)Br)C(=O)OCC(C)(COC(=O)C(C)(COC(=C)C(C)(C)C)COC(=O)C(C)(C)Br)C(=O)OCCN1C(=O)C2C3C=CC(O3)[C@@H]2C1=O)C(C)C. The van der Waals surface area contributed by atoms with Gasteiger partial charge in [-0.1, -0.05) is 91.8 Å². The molecule has 0 aromatic heterocycles. The topological polar surface area (TPSA) is 197 Å². The minimum Gasteiger partial charge on any atom is -0.497 e. The fourth-order valence-corrected chi connectivity index (χ4v) is 6.17. The monoisotopic (exact) mass is 1000 g/mol. The Morgan fingerprint density at radius 3 is 1.29 bits per heavy atom. The number of likely N-dealkylation sites (tertiary alicyclic amines) is 1. The summed E-state index contributed by atoms with van der Waals surface area (Å²) in [4.78, 5) is 95.0. The molecule has 0 radical (unpaired) electrons. The van der Waals surface area contributed by atoms with Gasteiger partial charge < -0.3 is 37.9 Å². The molecule has 2 saturated heterocycles. The molecule has 6 unspecified atom stereocenters. The molecule has 2 fully saturated rings. The van der Waals surface area contributed by atoms with Crippen LogP contribution in [0.2, 0.25) is 0 Å². The molecule has 18 heteroatoms.